The van der Waals surface area contributed by atoms with Crippen molar-refractivity contribution in [1.82, 2.24) is 10.6 Å². The molecule has 1 unspecified atom stereocenters. The molecule has 1 atom stereocenters. The largest absolute Gasteiger partial charge is 0.356 e. The average Bonchev–Trinajstić information content (AvgIpc) is 2.95. The molecule has 2 aliphatic rings. The maximum absolute atomic E-state index is 12.2. The second kappa shape index (κ2) is 7.44. The normalized spacial score (nSPS) is 24.5. The van der Waals surface area contributed by atoms with E-state index in [1.165, 1.54) is 44.9 Å². The van der Waals surface area contributed by atoms with E-state index >= 15 is 0 Å². The first-order chi connectivity index (χ1) is 9.65. The Labute approximate surface area is 124 Å². The van der Waals surface area contributed by atoms with Crippen molar-refractivity contribution in [2.24, 2.45) is 17.3 Å². The lowest BCUT2D eigenvalue weighted by atomic mass is 9.82. The fraction of sp³-hybridized carbons (Fsp3) is 0.941. The number of nitrogens with one attached hydrogen (secondary N) is 2. The summed E-state index contributed by atoms with van der Waals surface area (Å²) in [4.78, 5) is 12.2. The minimum atomic E-state index is 0.274. The molecule has 3 heteroatoms. The molecule has 1 aliphatic heterocycles. The zero-order chi connectivity index (χ0) is 14.4. The minimum absolute atomic E-state index is 0.274. The van der Waals surface area contributed by atoms with Gasteiger partial charge in [0.05, 0.1) is 0 Å². The highest BCUT2D eigenvalue weighted by molar-refractivity contribution is 5.76. The first kappa shape index (κ1) is 15.8. The van der Waals surface area contributed by atoms with Crippen LogP contribution in [-0.4, -0.2) is 25.5 Å². The Balaban J connectivity index is 1.71. The van der Waals surface area contributed by atoms with Gasteiger partial charge in [-0.25, -0.2) is 0 Å². The topological polar surface area (TPSA) is 41.1 Å². The molecule has 1 heterocycles. The van der Waals surface area contributed by atoms with E-state index in [2.05, 4.69) is 24.5 Å². The summed E-state index contributed by atoms with van der Waals surface area (Å²) in [5.41, 5.74) is 0.410. The molecule has 2 rings (SSSR count). The van der Waals surface area contributed by atoms with Gasteiger partial charge in [0, 0.05) is 13.0 Å². The van der Waals surface area contributed by atoms with Crippen LogP contribution in [0, 0.1) is 17.3 Å². The Kier molecular flexibility index (Phi) is 5.88. The summed E-state index contributed by atoms with van der Waals surface area (Å²) in [6, 6.07) is 0. The van der Waals surface area contributed by atoms with Crippen molar-refractivity contribution in [3.63, 3.8) is 0 Å². The highest BCUT2D eigenvalue weighted by Gasteiger charge is 2.32. The van der Waals surface area contributed by atoms with E-state index < -0.39 is 0 Å². The third-order valence-electron chi connectivity index (χ3n) is 5.77. The predicted molar refractivity (Wildman–Crippen MR) is 83.6 cm³/mol. The molecule has 0 bridgehead atoms. The first-order valence-electron chi connectivity index (χ1n) is 8.63. The fourth-order valence-electron chi connectivity index (χ4n) is 4.01. The van der Waals surface area contributed by atoms with Crippen molar-refractivity contribution in [3.8, 4) is 0 Å². The molecule has 0 aromatic heterocycles. The van der Waals surface area contributed by atoms with Gasteiger partial charge in [-0.2, -0.15) is 0 Å². The molecular weight excluding hydrogens is 248 g/mol. The lowest BCUT2D eigenvalue weighted by Crippen LogP contribution is -2.37. The number of hydrogen-bond acceptors (Lipinski definition) is 2. The van der Waals surface area contributed by atoms with E-state index in [0.29, 0.717) is 17.8 Å². The fourth-order valence-corrected chi connectivity index (χ4v) is 4.01. The summed E-state index contributed by atoms with van der Waals surface area (Å²) in [5.74, 6) is 1.53. The van der Waals surface area contributed by atoms with E-state index in [9.17, 15) is 4.79 Å². The summed E-state index contributed by atoms with van der Waals surface area (Å²) in [6.07, 6.45) is 9.66. The highest BCUT2D eigenvalue weighted by atomic mass is 16.1. The van der Waals surface area contributed by atoms with Crippen LogP contribution in [0.4, 0.5) is 0 Å². The minimum Gasteiger partial charge on any atom is -0.356 e. The molecule has 0 radical (unpaired) electrons. The molecule has 0 aromatic carbocycles. The second-order valence-electron chi connectivity index (χ2n) is 7.11. The molecule has 0 aromatic rings. The molecule has 0 spiro atoms. The Morgan fingerprint density at radius 1 is 1.30 bits per heavy atom. The van der Waals surface area contributed by atoms with Gasteiger partial charge in [-0.1, -0.05) is 26.7 Å². The lowest BCUT2D eigenvalue weighted by molar-refractivity contribution is -0.122. The number of amides is 1. The van der Waals surface area contributed by atoms with Gasteiger partial charge in [0.1, 0.15) is 0 Å². The lowest BCUT2D eigenvalue weighted by Gasteiger charge is -2.30. The standard InChI is InChI=1S/C17H32N2O/c1-3-17(8-4-5-9-17)13-19-16(20)12-14(2)15-6-10-18-11-7-15/h14-15,18H,3-13H2,1-2H3,(H,19,20). The Bertz CT molecular complexity index is 304. The van der Waals surface area contributed by atoms with Gasteiger partial charge in [0.2, 0.25) is 5.91 Å². The predicted octanol–water partition coefficient (Wildman–Crippen LogP) is 3.10. The molecule has 116 valence electrons. The third-order valence-corrected chi connectivity index (χ3v) is 5.77. The molecule has 2 fully saturated rings. The van der Waals surface area contributed by atoms with Crippen molar-refractivity contribution >= 4 is 5.91 Å². The van der Waals surface area contributed by atoms with Crippen molar-refractivity contribution < 1.29 is 4.79 Å². The monoisotopic (exact) mass is 280 g/mol. The van der Waals surface area contributed by atoms with Crippen LogP contribution >= 0.6 is 0 Å². The van der Waals surface area contributed by atoms with E-state index in [1.54, 1.807) is 0 Å². The van der Waals surface area contributed by atoms with Crippen molar-refractivity contribution in [2.45, 2.75) is 65.2 Å². The highest BCUT2D eigenvalue weighted by Crippen LogP contribution is 2.40. The van der Waals surface area contributed by atoms with Crippen molar-refractivity contribution in [3.05, 3.63) is 0 Å². The summed E-state index contributed by atoms with van der Waals surface area (Å²) in [5, 5.41) is 6.63. The Morgan fingerprint density at radius 3 is 2.55 bits per heavy atom. The third kappa shape index (κ3) is 4.21. The van der Waals surface area contributed by atoms with Gasteiger partial charge >= 0.3 is 0 Å². The van der Waals surface area contributed by atoms with Gasteiger partial charge in [0.25, 0.3) is 0 Å². The molecule has 1 saturated heterocycles. The number of carbonyl (C=O) groups excluding carboxylic acids is 1. The van der Waals surface area contributed by atoms with Crippen LogP contribution in [0.3, 0.4) is 0 Å². The summed E-state index contributed by atoms with van der Waals surface area (Å²) < 4.78 is 0. The van der Waals surface area contributed by atoms with Crippen LogP contribution in [0.5, 0.6) is 0 Å². The van der Waals surface area contributed by atoms with Crippen molar-refractivity contribution in [2.75, 3.05) is 19.6 Å². The molecule has 1 amide bonds. The molecule has 20 heavy (non-hydrogen) atoms. The van der Waals surface area contributed by atoms with Crippen LogP contribution in [0.25, 0.3) is 0 Å². The smallest absolute Gasteiger partial charge is 0.220 e. The summed E-state index contributed by atoms with van der Waals surface area (Å²) in [7, 11) is 0. The molecule has 2 N–H and O–H groups in total. The van der Waals surface area contributed by atoms with Gasteiger partial charge in [0.15, 0.2) is 0 Å². The Hall–Kier alpha value is -0.570. The maximum atomic E-state index is 12.2. The molecule has 3 nitrogen and oxygen atoms in total. The number of piperidine rings is 1. The van der Waals surface area contributed by atoms with E-state index in [4.69, 9.17) is 0 Å². The maximum Gasteiger partial charge on any atom is 0.220 e. The van der Waals surface area contributed by atoms with Gasteiger partial charge < -0.3 is 10.6 Å². The number of carbonyl (C=O) groups is 1. The van der Waals surface area contributed by atoms with Crippen LogP contribution in [0.15, 0.2) is 0 Å². The summed E-state index contributed by atoms with van der Waals surface area (Å²) in [6.45, 7) is 7.67. The molecule has 1 saturated carbocycles. The molecule has 1 aliphatic carbocycles. The van der Waals surface area contributed by atoms with Gasteiger partial charge in [-0.3, -0.25) is 4.79 Å². The molecular formula is C17H32N2O. The van der Waals surface area contributed by atoms with Crippen molar-refractivity contribution in [1.29, 1.82) is 0 Å². The van der Waals surface area contributed by atoms with Gasteiger partial charge in [-0.15, -0.1) is 0 Å². The average molecular weight is 280 g/mol. The number of rotatable bonds is 6. The van der Waals surface area contributed by atoms with E-state index in [1.807, 2.05) is 0 Å². The number of hydrogen-bond donors (Lipinski definition) is 2. The first-order valence-corrected chi connectivity index (χ1v) is 8.63. The van der Waals surface area contributed by atoms with Gasteiger partial charge in [-0.05, 0) is 62.4 Å². The van der Waals surface area contributed by atoms with Crippen LogP contribution in [0.1, 0.15) is 65.2 Å². The van der Waals surface area contributed by atoms with Crippen LogP contribution in [-0.2, 0) is 4.79 Å². The SMILES string of the molecule is CCC1(CNC(=O)CC(C)C2CCNCC2)CCCC1. The quantitative estimate of drug-likeness (QED) is 0.785. The van der Waals surface area contributed by atoms with Crippen LogP contribution in [0.2, 0.25) is 0 Å². The van der Waals surface area contributed by atoms with E-state index in [0.717, 1.165) is 25.6 Å². The zero-order valence-corrected chi connectivity index (χ0v) is 13.3. The van der Waals surface area contributed by atoms with Crippen LogP contribution < -0.4 is 10.6 Å². The Morgan fingerprint density at radius 2 is 1.95 bits per heavy atom. The second-order valence-corrected chi connectivity index (χ2v) is 7.11. The van der Waals surface area contributed by atoms with E-state index in [-0.39, 0.29) is 5.91 Å². The summed E-state index contributed by atoms with van der Waals surface area (Å²) >= 11 is 0. The zero-order valence-electron chi connectivity index (χ0n) is 13.3.